The van der Waals surface area contributed by atoms with Crippen molar-refractivity contribution >= 4 is 0 Å². The molecule has 2 heterocycles. The average molecular weight is 237 g/mol. The van der Waals surface area contributed by atoms with E-state index in [4.69, 9.17) is 0 Å². The third-order valence-electron chi connectivity index (χ3n) is 3.34. The van der Waals surface area contributed by atoms with E-state index in [0.29, 0.717) is 12.6 Å². The van der Waals surface area contributed by atoms with Crippen LogP contribution in [0.25, 0.3) is 0 Å². The Morgan fingerprint density at radius 3 is 3.00 bits per heavy atom. The van der Waals surface area contributed by atoms with Crippen LogP contribution in [0.15, 0.2) is 21.9 Å². The van der Waals surface area contributed by atoms with Gasteiger partial charge in [0.25, 0.3) is 5.56 Å². The van der Waals surface area contributed by atoms with Gasteiger partial charge in [-0.1, -0.05) is 0 Å². The van der Waals surface area contributed by atoms with Crippen molar-refractivity contribution in [2.75, 3.05) is 6.54 Å². The van der Waals surface area contributed by atoms with E-state index in [2.05, 4.69) is 5.32 Å². The van der Waals surface area contributed by atoms with Gasteiger partial charge in [-0.2, -0.15) is 0 Å². The van der Waals surface area contributed by atoms with Crippen molar-refractivity contribution in [3.8, 4) is 0 Å². The van der Waals surface area contributed by atoms with Gasteiger partial charge in [0.05, 0.1) is 0 Å². The highest BCUT2D eigenvalue weighted by molar-refractivity contribution is 4.85. The van der Waals surface area contributed by atoms with Crippen molar-refractivity contribution < 1.29 is 0 Å². The molecular formula is C12H19N3O2. The predicted octanol–water partition coefficient (Wildman–Crippen LogP) is 0.0792. The molecular weight excluding hydrogens is 218 g/mol. The van der Waals surface area contributed by atoms with Crippen LogP contribution in [0.5, 0.6) is 0 Å². The largest absolute Gasteiger partial charge is 0.330 e. The number of aryl methyl sites for hydroxylation is 1. The van der Waals surface area contributed by atoms with E-state index in [-0.39, 0.29) is 11.2 Å². The van der Waals surface area contributed by atoms with Crippen molar-refractivity contribution in [2.45, 2.75) is 38.3 Å². The van der Waals surface area contributed by atoms with Crippen LogP contribution in [0, 0.1) is 0 Å². The van der Waals surface area contributed by atoms with Crippen LogP contribution in [0.4, 0.5) is 0 Å². The molecule has 1 aromatic rings. The molecule has 1 aliphatic rings. The van der Waals surface area contributed by atoms with Crippen LogP contribution in [0.2, 0.25) is 0 Å². The lowest BCUT2D eigenvalue weighted by Crippen LogP contribution is -2.38. The summed E-state index contributed by atoms with van der Waals surface area (Å²) in [6, 6.07) is 2.01. The third-order valence-corrected chi connectivity index (χ3v) is 3.34. The maximum Gasteiger partial charge on any atom is 0.330 e. The topological polar surface area (TPSA) is 56.0 Å². The summed E-state index contributed by atoms with van der Waals surface area (Å²) in [4.78, 5) is 23.3. The summed E-state index contributed by atoms with van der Waals surface area (Å²) in [6.07, 6.45) is 5.86. The highest BCUT2D eigenvalue weighted by atomic mass is 16.2. The Bertz CT molecular complexity index is 483. The molecule has 2 rings (SSSR count). The molecule has 1 fully saturated rings. The highest BCUT2D eigenvalue weighted by Gasteiger charge is 2.13. The van der Waals surface area contributed by atoms with Crippen LogP contribution in [-0.4, -0.2) is 21.7 Å². The lowest BCUT2D eigenvalue weighted by Gasteiger charge is -2.10. The van der Waals surface area contributed by atoms with Gasteiger partial charge in [-0.3, -0.25) is 9.36 Å². The predicted molar refractivity (Wildman–Crippen MR) is 66.2 cm³/mol. The van der Waals surface area contributed by atoms with E-state index in [1.165, 1.54) is 34.2 Å². The Hall–Kier alpha value is -1.36. The van der Waals surface area contributed by atoms with Crippen LogP contribution in [0.3, 0.4) is 0 Å². The first-order chi connectivity index (χ1) is 8.18. The van der Waals surface area contributed by atoms with Gasteiger partial charge in [0.1, 0.15) is 0 Å². The van der Waals surface area contributed by atoms with Gasteiger partial charge in [0.15, 0.2) is 0 Å². The zero-order chi connectivity index (χ0) is 12.3. The molecule has 1 atom stereocenters. The van der Waals surface area contributed by atoms with Gasteiger partial charge in [0.2, 0.25) is 0 Å². The zero-order valence-electron chi connectivity index (χ0n) is 10.2. The third kappa shape index (κ3) is 2.85. The Kier molecular flexibility index (Phi) is 3.78. The van der Waals surface area contributed by atoms with Crippen molar-refractivity contribution in [1.29, 1.82) is 0 Å². The summed E-state index contributed by atoms with van der Waals surface area (Å²) in [5, 5.41) is 3.41. The minimum atomic E-state index is -0.225. The van der Waals surface area contributed by atoms with Crippen molar-refractivity contribution in [3.63, 3.8) is 0 Å². The molecule has 0 spiro atoms. The Morgan fingerprint density at radius 2 is 2.29 bits per heavy atom. The van der Waals surface area contributed by atoms with E-state index in [1.54, 1.807) is 7.05 Å². The fourth-order valence-corrected chi connectivity index (χ4v) is 2.32. The van der Waals surface area contributed by atoms with Gasteiger partial charge in [0, 0.05) is 31.9 Å². The average Bonchev–Trinajstić information content (AvgIpc) is 2.81. The maximum absolute atomic E-state index is 11.7. The molecule has 1 aliphatic heterocycles. The fraction of sp³-hybridized carbons (Fsp3) is 0.667. The highest BCUT2D eigenvalue weighted by Crippen LogP contribution is 2.10. The minimum Gasteiger partial charge on any atom is -0.314 e. The smallest absolute Gasteiger partial charge is 0.314 e. The van der Waals surface area contributed by atoms with Gasteiger partial charge in [-0.15, -0.1) is 0 Å². The molecule has 1 N–H and O–H groups in total. The SMILES string of the molecule is Cn1ccc(=O)n(CCCC2CCCN2)c1=O. The van der Waals surface area contributed by atoms with Crippen LogP contribution < -0.4 is 16.6 Å². The van der Waals surface area contributed by atoms with Crippen molar-refractivity contribution in [1.82, 2.24) is 14.5 Å². The quantitative estimate of drug-likeness (QED) is 0.807. The van der Waals surface area contributed by atoms with Crippen LogP contribution >= 0.6 is 0 Å². The lowest BCUT2D eigenvalue weighted by molar-refractivity contribution is 0.482. The molecule has 94 valence electrons. The number of rotatable bonds is 4. The first kappa shape index (κ1) is 12.1. The number of hydrogen-bond acceptors (Lipinski definition) is 3. The molecule has 1 aromatic heterocycles. The van der Waals surface area contributed by atoms with E-state index < -0.39 is 0 Å². The Labute approximate surface area is 100 Å². The molecule has 1 unspecified atom stereocenters. The monoisotopic (exact) mass is 237 g/mol. The normalized spacial score (nSPS) is 19.7. The summed E-state index contributed by atoms with van der Waals surface area (Å²) in [5.74, 6) is 0. The second-order valence-corrected chi connectivity index (χ2v) is 4.63. The van der Waals surface area contributed by atoms with Crippen LogP contribution in [-0.2, 0) is 13.6 Å². The number of hydrogen-bond donors (Lipinski definition) is 1. The molecule has 0 bridgehead atoms. The Morgan fingerprint density at radius 1 is 1.47 bits per heavy atom. The van der Waals surface area contributed by atoms with Gasteiger partial charge < -0.3 is 9.88 Å². The summed E-state index contributed by atoms with van der Waals surface area (Å²) < 4.78 is 2.75. The summed E-state index contributed by atoms with van der Waals surface area (Å²) in [6.45, 7) is 1.61. The molecule has 0 aliphatic carbocycles. The molecule has 0 amide bonds. The Balaban J connectivity index is 1.96. The first-order valence-corrected chi connectivity index (χ1v) is 6.18. The number of nitrogens with zero attached hydrogens (tertiary/aromatic N) is 2. The van der Waals surface area contributed by atoms with Crippen LogP contribution in [0.1, 0.15) is 25.7 Å². The lowest BCUT2D eigenvalue weighted by atomic mass is 10.1. The minimum absolute atomic E-state index is 0.201. The molecule has 0 radical (unpaired) electrons. The summed E-state index contributed by atoms with van der Waals surface area (Å²) in [7, 11) is 1.66. The molecule has 5 heteroatoms. The molecule has 0 aromatic carbocycles. The van der Waals surface area contributed by atoms with Crippen molar-refractivity contribution in [2.24, 2.45) is 7.05 Å². The molecule has 5 nitrogen and oxygen atoms in total. The van der Waals surface area contributed by atoms with E-state index in [0.717, 1.165) is 19.4 Å². The van der Waals surface area contributed by atoms with Gasteiger partial charge in [-0.05, 0) is 32.2 Å². The van der Waals surface area contributed by atoms with E-state index in [1.807, 2.05) is 0 Å². The van der Waals surface area contributed by atoms with Gasteiger partial charge >= 0.3 is 5.69 Å². The molecule has 0 saturated carbocycles. The fourth-order valence-electron chi connectivity index (χ4n) is 2.32. The maximum atomic E-state index is 11.7. The second kappa shape index (κ2) is 5.31. The summed E-state index contributed by atoms with van der Waals surface area (Å²) in [5.41, 5.74) is -0.427. The van der Waals surface area contributed by atoms with E-state index >= 15 is 0 Å². The van der Waals surface area contributed by atoms with E-state index in [9.17, 15) is 9.59 Å². The number of aromatic nitrogens is 2. The van der Waals surface area contributed by atoms with Gasteiger partial charge in [-0.25, -0.2) is 4.79 Å². The summed E-state index contributed by atoms with van der Waals surface area (Å²) >= 11 is 0. The zero-order valence-corrected chi connectivity index (χ0v) is 10.2. The molecule has 17 heavy (non-hydrogen) atoms. The van der Waals surface area contributed by atoms with Crippen molar-refractivity contribution in [3.05, 3.63) is 33.1 Å². The first-order valence-electron chi connectivity index (χ1n) is 6.18. The number of nitrogens with one attached hydrogen (secondary N) is 1. The standard InChI is InChI=1S/C12H19N3O2/c1-14-9-6-11(16)15(12(14)17)8-3-5-10-4-2-7-13-10/h6,9-10,13H,2-5,7-8H2,1H3. The second-order valence-electron chi connectivity index (χ2n) is 4.63. The molecule has 1 saturated heterocycles.